The lowest BCUT2D eigenvalue weighted by Gasteiger charge is -2.24. The summed E-state index contributed by atoms with van der Waals surface area (Å²) in [6, 6.07) is 5.61. The van der Waals surface area contributed by atoms with E-state index in [9.17, 15) is 0 Å². The fourth-order valence-corrected chi connectivity index (χ4v) is 2.64. The van der Waals surface area contributed by atoms with Crippen molar-refractivity contribution in [1.29, 1.82) is 0 Å². The molecule has 0 spiro atoms. The third-order valence-electron chi connectivity index (χ3n) is 4.21. The first kappa shape index (κ1) is 12.9. The molecular weight excluding hydrogens is 234 g/mol. The second kappa shape index (κ2) is 5.49. The minimum absolute atomic E-state index is 0.393. The predicted molar refractivity (Wildman–Crippen MR) is 79.4 cm³/mol. The van der Waals surface area contributed by atoms with Gasteiger partial charge in [0, 0.05) is 24.8 Å². The Morgan fingerprint density at radius 3 is 2.63 bits per heavy atom. The number of nitrogens with zero attached hydrogens (tertiary/aromatic N) is 2. The minimum Gasteiger partial charge on any atom is -0.353 e. The van der Waals surface area contributed by atoms with Crippen LogP contribution in [0.1, 0.15) is 51.1 Å². The molecule has 1 atom stereocenters. The highest BCUT2D eigenvalue weighted by molar-refractivity contribution is 5.43. The van der Waals surface area contributed by atoms with Gasteiger partial charge in [-0.2, -0.15) is 0 Å². The number of pyridine rings is 1. The number of hydrogen-bond acceptors (Lipinski definition) is 3. The molecule has 0 aliphatic heterocycles. The van der Waals surface area contributed by atoms with E-state index < -0.39 is 0 Å². The molecule has 19 heavy (non-hydrogen) atoms. The zero-order valence-corrected chi connectivity index (χ0v) is 12.1. The quantitative estimate of drug-likeness (QED) is 0.815. The first-order chi connectivity index (χ1) is 9.28. The van der Waals surface area contributed by atoms with Gasteiger partial charge in [0.1, 0.15) is 5.82 Å². The van der Waals surface area contributed by atoms with Crippen molar-refractivity contribution < 1.29 is 0 Å². The van der Waals surface area contributed by atoms with Crippen molar-refractivity contribution in [3.05, 3.63) is 23.9 Å². The molecule has 1 aromatic heterocycles. The van der Waals surface area contributed by atoms with E-state index in [1.54, 1.807) is 0 Å². The maximum absolute atomic E-state index is 4.71. The number of aromatic nitrogens is 1. The lowest BCUT2D eigenvalue weighted by Crippen LogP contribution is -2.29. The highest BCUT2D eigenvalue weighted by Crippen LogP contribution is 2.37. The SMILES string of the molecule is CCNC(C)c1ccc(N(CC2CC2)C2CC2)nc1. The summed E-state index contributed by atoms with van der Waals surface area (Å²) in [5.41, 5.74) is 1.28. The van der Waals surface area contributed by atoms with Gasteiger partial charge in [0.15, 0.2) is 0 Å². The van der Waals surface area contributed by atoms with E-state index in [0.717, 1.165) is 18.5 Å². The van der Waals surface area contributed by atoms with Crippen molar-refractivity contribution >= 4 is 5.82 Å². The van der Waals surface area contributed by atoms with Crippen LogP contribution < -0.4 is 10.2 Å². The van der Waals surface area contributed by atoms with Gasteiger partial charge in [-0.1, -0.05) is 13.0 Å². The summed E-state index contributed by atoms with van der Waals surface area (Å²) in [7, 11) is 0. The Balaban J connectivity index is 1.68. The van der Waals surface area contributed by atoms with Gasteiger partial charge in [0.2, 0.25) is 0 Å². The standard InChI is InChI=1S/C16H25N3/c1-3-17-12(2)14-6-9-16(18-10-14)19(15-7-8-15)11-13-4-5-13/h6,9-10,12-13,15,17H,3-5,7-8,11H2,1-2H3. The van der Waals surface area contributed by atoms with Gasteiger partial charge in [-0.05, 0) is 56.7 Å². The molecule has 0 aromatic carbocycles. The molecule has 2 aliphatic rings. The zero-order chi connectivity index (χ0) is 13.2. The van der Waals surface area contributed by atoms with Gasteiger partial charge < -0.3 is 10.2 Å². The Kier molecular flexibility index (Phi) is 3.74. The van der Waals surface area contributed by atoms with E-state index >= 15 is 0 Å². The van der Waals surface area contributed by atoms with Crippen LogP contribution in [0, 0.1) is 5.92 Å². The molecule has 2 fully saturated rings. The molecular formula is C16H25N3. The number of anilines is 1. The third kappa shape index (κ3) is 3.27. The summed E-state index contributed by atoms with van der Waals surface area (Å²) < 4.78 is 0. The lowest BCUT2D eigenvalue weighted by atomic mass is 10.1. The van der Waals surface area contributed by atoms with E-state index in [1.165, 1.54) is 43.6 Å². The van der Waals surface area contributed by atoms with Crippen molar-refractivity contribution in [1.82, 2.24) is 10.3 Å². The fourth-order valence-electron chi connectivity index (χ4n) is 2.64. The van der Waals surface area contributed by atoms with Crippen LogP contribution in [-0.2, 0) is 0 Å². The van der Waals surface area contributed by atoms with E-state index in [-0.39, 0.29) is 0 Å². The van der Waals surface area contributed by atoms with Crippen LogP contribution in [0.5, 0.6) is 0 Å². The predicted octanol–water partition coefficient (Wildman–Crippen LogP) is 3.13. The van der Waals surface area contributed by atoms with Gasteiger partial charge in [-0.3, -0.25) is 0 Å². The van der Waals surface area contributed by atoms with Gasteiger partial charge in [0.25, 0.3) is 0 Å². The zero-order valence-electron chi connectivity index (χ0n) is 12.1. The van der Waals surface area contributed by atoms with Gasteiger partial charge in [-0.15, -0.1) is 0 Å². The maximum Gasteiger partial charge on any atom is 0.128 e. The molecule has 3 heteroatoms. The maximum atomic E-state index is 4.71. The molecule has 2 saturated carbocycles. The smallest absolute Gasteiger partial charge is 0.128 e. The van der Waals surface area contributed by atoms with Crippen molar-refractivity contribution in [2.24, 2.45) is 5.92 Å². The highest BCUT2D eigenvalue weighted by atomic mass is 15.2. The van der Waals surface area contributed by atoms with Crippen LogP contribution in [0.25, 0.3) is 0 Å². The van der Waals surface area contributed by atoms with Crippen molar-refractivity contribution in [2.75, 3.05) is 18.0 Å². The molecule has 0 amide bonds. The average Bonchev–Trinajstić information content (AvgIpc) is 3.28. The molecule has 1 unspecified atom stereocenters. The number of rotatable bonds is 7. The Morgan fingerprint density at radius 2 is 2.11 bits per heavy atom. The summed E-state index contributed by atoms with van der Waals surface area (Å²) >= 11 is 0. The van der Waals surface area contributed by atoms with Crippen LogP contribution in [0.4, 0.5) is 5.82 Å². The molecule has 0 saturated heterocycles. The van der Waals surface area contributed by atoms with Gasteiger partial charge in [-0.25, -0.2) is 4.98 Å². The molecule has 0 bridgehead atoms. The second-order valence-electron chi connectivity index (χ2n) is 6.06. The fraction of sp³-hybridized carbons (Fsp3) is 0.688. The van der Waals surface area contributed by atoms with Crippen molar-refractivity contribution in [3.63, 3.8) is 0 Å². The molecule has 1 N–H and O–H groups in total. The first-order valence-corrected chi connectivity index (χ1v) is 7.74. The first-order valence-electron chi connectivity index (χ1n) is 7.74. The largest absolute Gasteiger partial charge is 0.353 e. The summed E-state index contributed by atoms with van der Waals surface area (Å²) in [6.07, 6.45) is 7.58. The molecule has 104 valence electrons. The second-order valence-corrected chi connectivity index (χ2v) is 6.06. The van der Waals surface area contributed by atoms with E-state index in [1.807, 2.05) is 6.20 Å². The molecule has 1 aromatic rings. The lowest BCUT2D eigenvalue weighted by molar-refractivity contribution is 0.595. The summed E-state index contributed by atoms with van der Waals surface area (Å²) in [5.74, 6) is 2.12. The van der Waals surface area contributed by atoms with Crippen LogP contribution in [0.3, 0.4) is 0 Å². The topological polar surface area (TPSA) is 28.2 Å². The Morgan fingerprint density at radius 1 is 1.32 bits per heavy atom. The van der Waals surface area contributed by atoms with Crippen LogP contribution >= 0.6 is 0 Å². The molecule has 3 rings (SSSR count). The summed E-state index contributed by atoms with van der Waals surface area (Å²) in [5, 5.41) is 3.43. The Bertz CT molecular complexity index is 407. The molecule has 2 aliphatic carbocycles. The average molecular weight is 259 g/mol. The molecule has 0 radical (unpaired) electrons. The van der Waals surface area contributed by atoms with E-state index in [0.29, 0.717) is 6.04 Å². The molecule has 3 nitrogen and oxygen atoms in total. The summed E-state index contributed by atoms with van der Waals surface area (Å²) in [6.45, 7) is 6.56. The van der Waals surface area contributed by atoms with Crippen molar-refractivity contribution in [2.45, 2.75) is 51.6 Å². The monoisotopic (exact) mass is 259 g/mol. The van der Waals surface area contributed by atoms with Gasteiger partial charge >= 0.3 is 0 Å². The number of hydrogen-bond donors (Lipinski definition) is 1. The highest BCUT2D eigenvalue weighted by Gasteiger charge is 2.34. The minimum atomic E-state index is 0.393. The van der Waals surface area contributed by atoms with Crippen molar-refractivity contribution in [3.8, 4) is 0 Å². The normalized spacial score (nSPS) is 20.3. The third-order valence-corrected chi connectivity index (χ3v) is 4.21. The number of nitrogens with one attached hydrogen (secondary N) is 1. The molecule has 1 heterocycles. The van der Waals surface area contributed by atoms with Crippen LogP contribution in [0.2, 0.25) is 0 Å². The van der Waals surface area contributed by atoms with Crippen LogP contribution in [0.15, 0.2) is 18.3 Å². The Hall–Kier alpha value is -1.09. The van der Waals surface area contributed by atoms with Gasteiger partial charge in [0.05, 0.1) is 0 Å². The van der Waals surface area contributed by atoms with E-state index in [2.05, 4.69) is 36.2 Å². The summed E-state index contributed by atoms with van der Waals surface area (Å²) in [4.78, 5) is 7.25. The van der Waals surface area contributed by atoms with E-state index in [4.69, 9.17) is 4.98 Å². The van der Waals surface area contributed by atoms with Crippen LogP contribution in [-0.4, -0.2) is 24.1 Å². The Labute approximate surface area is 116 Å².